The Bertz CT molecular complexity index is 997. The molecule has 150 valence electrons. The molecule has 29 heavy (non-hydrogen) atoms. The van der Waals surface area contributed by atoms with Crippen LogP contribution in [-0.4, -0.2) is 29.2 Å². The topological polar surface area (TPSA) is 65.4 Å². The van der Waals surface area contributed by atoms with Gasteiger partial charge in [0.15, 0.2) is 23.3 Å². The highest BCUT2D eigenvalue weighted by Gasteiger charge is 2.09. The molecular formula is C22H23N3O3S. The number of ether oxygens (including phenoxy) is 2. The molecule has 0 aliphatic rings. The maximum absolute atomic E-state index is 12.2. The number of rotatable bonds is 8. The minimum atomic E-state index is -0.242. The number of methoxy groups -OCH3 is 1. The molecule has 2 aromatic carbocycles. The van der Waals surface area contributed by atoms with Gasteiger partial charge < -0.3 is 19.4 Å². The molecule has 0 saturated heterocycles. The van der Waals surface area contributed by atoms with Crippen LogP contribution in [0.3, 0.4) is 0 Å². The van der Waals surface area contributed by atoms with Crippen LogP contribution in [0, 0.1) is 0 Å². The number of benzene rings is 2. The maximum Gasteiger partial charge on any atom is 0.262 e. The number of carbonyl (C=O) groups excluding carboxylic acids is 1. The van der Waals surface area contributed by atoms with Gasteiger partial charge in [-0.3, -0.25) is 4.79 Å². The van der Waals surface area contributed by atoms with E-state index < -0.39 is 0 Å². The van der Waals surface area contributed by atoms with Gasteiger partial charge in [-0.1, -0.05) is 30.0 Å². The average molecular weight is 410 g/mol. The van der Waals surface area contributed by atoms with Crippen LogP contribution in [0.5, 0.6) is 11.5 Å². The van der Waals surface area contributed by atoms with E-state index in [1.54, 1.807) is 31.1 Å². The van der Waals surface area contributed by atoms with Gasteiger partial charge in [-0.15, -0.1) is 0 Å². The second-order valence-electron chi connectivity index (χ2n) is 6.19. The number of nitrogens with zero attached hydrogens (tertiary/aromatic N) is 2. The lowest BCUT2D eigenvalue weighted by Crippen LogP contribution is -2.20. The highest BCUT2D eigenvalue weighted by atomic mass is 32.2. The van der Waals surface area contributed by atoms with Gasteiger partial charge in [-0.2, -0.15) is 0 Å². The first-order chi connectivity index (χ1) is 14.1. The molecule has 1 amide bonds. The first-order valence-corrected chi connectivity index (χ1v) is 9.89. The number of nitrogens with one attached hydrogen (secondary N) is 1. The Morgan fingerprint density at radius 1 is 1.21 bits per heavy atom. The minimum Gasteiger partial charge on any atom is -0.493 e. The molecule has 0 unspecified atom stereocenters. The minimum absolute atomic E-state index is 0.108. The van der Waals surface area contributed by atoms with Crippen molar-refractivity contribution >= 4 is 29.4 Å². The van der Waals surface area contributed by atoms with Crippen molar-refractivity contribution in [3.05, 3.63) is 66.5 Å². The fourth-order valence-electron chi connectivity index (χ4n) is 2.60. The van der Waals surface area contributed by atoms with Gasteiger partial charge in [0.25, 0.3) is 5.91 Å². The Hall–Kier alpha value is -3.19. The molecule has 0 aliphatic carbocycles. The van der Waals surface area contributed by atoms with Crippen LogP contribution in [0.4, 0.5) is 5.69 Å². The number of aromatic nitrogens is 2. The van der Waals surface area contributed by atoms with Crippen molar-refractivity contribution in [1.29, 1.82) is 0 Å². The monoisotopic (exact) mass is 409 g/mol. The third-order valence-electron chi connectivity index (χ3n) is 4.03. The first kappa shape index (κ1) is 20.5. The van der Waals surface area contributed by atoms with Crippen LogP contribution < -0.4 is 14.8 Å². The number of hydrogen-bond donors (Lipinski definition) is 1. The Morgan fingerprint density at radius 2 is 2.00 bits per heavy atom. The zero-order valence-corrected chi connectivity index (χ0v) is 17.4. The average Bonchev–Trinajstić information content (AvgIpc) is 3.13. The molecule has 0 fully saturated rings. The van der Waals surface area contributed by atoms with E-state index in [0.29, 0.717) is 17.2 Å². The van der Waals surface area contributed by atoms with Gasteiger partial charge >= 0.3 is 0 Å². The van der Waals surface area contributed by atoms with Gasteiger partial charge in [0.1, 0.15) is 0 Å². The number of imidazole rings is 1. The summed E-state index contributed by atoms with van der Waals surface area (Å²) in [4.78, 5) is 17.6. The SMILES string of the molecule is C/C=C/c1ccc(OCC(=O)Nc2ccc(Sc3nccn3C)cc2)c(OC)c1. The molecule has 0 atom stereocenters. The van der Waals surface area contributed by atoms with Crippen molar-refractivity contribution in [2.45, 2.75) is 17.0 Å². The predicted molar refractivity (Wildman–Crippen MR) is 116 cm³/mol. The summed E-state index contributed by atoms with van der Waals surface area (Å²) in [5.41, 5.74) is 1.71. The van der Waals surface area contributed by atoms with E-state index in [2.05, 4.69) is 10.3 Å². The van der Waals surface area contributed by atoms with Crippen LogP contribution in [0.2, 0.25) is 0 Å². The Kier molecular flexibility index (Phi) is 6.97. The second kappa shape index (κ2) is 9.84. The summed E-state index contributed by atoms with van der Waals surface area (Å²) in [6.45, 7) is 1.84. The summed E-state index contributed by atoms with van der Waals surface area (Å²) in [6, 6.07) is 13.2. The van der Waals surface area contributed by atoms with Crippen LogP contribution in [-0.2, 0) is 11.8 Å². The summed E-state index contributed by atoms with van der Waals surface area (Å²) in [6.07, 6.45) is 7.58. The molecule has 0 radical (unpaired) electrons. The molecule has 6 nitrogen and oxygen atoms in total. The Balaban J connectivity index is 1.55. The molecule has 0 saturated carbocycles. The van der Waals surface area contributed by atoms with Gasteiger partial charge in [0.2, 0.25) is 0 Å². The zero-order valence-electron chi connectivity index (χ0n) is 16.6. The summed E-state index contributed by atoms with van der Waals surface area (Å²) in [5, 5.41) is 3.74. The van der Waals surface area contributed by atoms with E-state index >= 15 is 0 Å². The summed E-state index contributed by atoms with van der Waals surface area (Å²) < 4.78 is 12.9. The van der Waals surface area contributed by atoms with Crippen molar-refractivity contribution in [2.24, 2.45) is 7.05 Å². The van der Waals surface area contributed by atoms with Gasteiger partial charge in [-0.25, -0.2) is 4.98 Å². The Morgan fingerprint density at radius 3 is 2.66 bits per heavy atom. The number of hydrogen-bond acceptors (Lipinski definition) is 5. The third kappa shape index (κ3) is 5.65. The highest BCUT2D eigenvalue weighted by molar-refractivity contribution is 7.99. The van der Waals surface area contributed by atoms with Crippen LogP contribution in [0.25, 0.3) is 6.08 Å². The molecule has 1 heterocycles. The van der Waals surface area contributed by atoms with Crippen molar-refractivity contribution in [2.75, 3.05) is 19.0 Å². The van der Waals surface area contributed by atoms with E-state index in [4.69, 9.17) is 9.47 Å². The standard InChI is InChI=1S/C22H23N3O3S/c1-4-5-16-6-11-19(20(14-16)27-3)28-15-21(26)24-17-7-9-18(10-8-17)29-22-23-12-13-25(22)2/h4-14H,15H2,1-3H3,(H,24,26)/b5-4+. The van der Waals surface area contributed by atoms with Crippen LogP contribution in [0.1, 0.15) is 12.5 Å². The fraction of sp³-hybridized carbons (Fsp3) is 0.182. The smallest absolute Gasteiger partial charge is 0.262 e. The van der Waals surface area contributed by atoms with E-state index in [1.807, 2.05) is 73.3 Å². The van der Waals surface area contributed by atoms with E-state index in [9.17, 15) is 4.79 Å². The molecule has 3 aromatic rings. The zero-order chi connectivity index (χ0) is 20.6. The van der Waals surface area contributed by atoms with E-state index in [0.717, 1.165) is 15.6 Å². The van der Waals surface area contributed by atoms with E-state index in [1.165, 1.54) is 0 Å². The van der Waals surface area contributed by atoms with Crippen LogP contribution >= 0.6 is 11.8 Å². The van der Waals surface area contributed by atoms with Crippen molar-refractivity contribution < 1.29 is 14.3 Å². The van der Waals surface area contributed by atoms with Crippen molar-refractivity contribution in [3.63, 3.8) is 0 Å². The Labute approximate surface area is 174 Å². The van der Waals surface area contributed by atoms with Gasteiger partial charge in [-0.05, 0) is 48.9 Å². The van der Waals surface area contributed by atoms with Crippen molar-refractivity contribution in [3.8, 4) is 11.5 Å². The molecule has 0 bridgehead atoms. The molecule has 0 spiro atoms. The molecule has 7 heteroatoms. The van der Waals surface area contributed by atoms with Crippen LogP contribution in [0.15, 0.2) is 71.0 Å². The quantitative estimate of drug-likeness (QED) is 0.588. The lowest BCUT2D eigenvalue weighted by molar-refractivity contribution is -0.118. The fourth-order valence-corrected chi connectivity index (χ4v) is 3.40. The maximum atomic E-state index is 12.2. The van der Waals surface area contributed by atoms with Crippen molar-refractivity contribution in [1.82, 2.24) is 9.55 Å². The normalized spacial score (nSPS) is 10.9. The van der Waals surface area contributed by atoms with Gasteiger partial charge in [0, 0.05) is 30.0 Å². The predicted octanol–water partition coefficient (Wildman–Crippen LogP) is 4.63. The highest BCUT2D eigenvalue weighted by Crippen LogP contribution is 2.29. The molecular weight excluding hydrogens is 386 g/mol. The molecule has 0 aliphatic heterocycles. The molecule has 3 rings (SSSR count). The number of amides is 1. The number of aryl methyl sites for hydroxylation is 1. The second-order valence-corrected chi connectivity index (χ2v) is 7.23. The summed E-state index contributed by atoms with van der Waals surface area (Å²) in [7, 11) is 3.53. The first-order valence-electron chi connectivity index (χ1n) is 9.07. The number of allylic oxidation sites excluding steroid dienone is 1. The molecule has 1 N–H and O–H groups in total. The number of carbonyl (C=O) groups is 1. The summed E-state index contributed by atoms with van der Waals surface area (Å²) >= 11 is 1.56. The number of anilines is 1. The molecule has 1 aromatic heterocycles. The summed E-state index contributed by atoms with van der Waals surface area (Å²) in [5.74, 6) is 0.871. The lowest BCUT2D eigenvalue weighted by atomic mass is 10.2. The lowest BCUT2D eigenvalue weighted by Gasteiger charge is -2.12. The third-order valence-corrected chi connectivity index (χ3v) is 5.11. The van der Waals surface area contributed by atoms with E-state index in [-0.39, 0.29) is 12.5 Å². The largest absolute Gasteiger partial charge is 0.493 e. The van der Waals surface area contributed by atoms with Gasteiger partial charge in [0.05, 0.1) is 7.11 Å².